The quantitative estimate of drug-likeness (QED) is 0.754. The molecule has 0 saturated heterocycles. The Morgan fingerprint density at radius 2 is 1.82 bits per heavy atom. The largest absolute Gasteiger partial charge is 0.364 e. The number of fused-ring (bicyclic) bond motifs is 1. The highest BCUT2D eigenvalue weighted by atomic mass is 32.2. The molecule has 0 bridgehead atoms. The Morgan fingerprint density at radius 1 is 1.12 bits per heavy atom. The van der Waals surface area contributed by atoms with E-state index in [-0.39, 0.29) is 0 Å². The molecule has 0 heterocycles. The van der Waals surface area contributed by atoms with E-state index in [9.17, 15) is 0 Å². The highest BCUT2D eigenvalue weighted by Gasteiger charge is 2.04. The summed E-state index contributed by atoms with van der Waals surface area (Å²) in [7, 11) is 3.97. The molecule has 0 atom stereocenters. The maximum absolute atomic E-state index is 5.29. The molecule has 3 heteroatoms. The van der Waals surface area contributed by atoms with E-state index in [0.29, 0.717) is 0 Å². The van der Waals surface area contributed by atoms with Gasteiger partial charge in [0.1, 0.15) is 4.32 Å². The van der Waals surface area contributed by atoms with Crippen LogP contribution in [-0.2, 0) is 5.75 Å². The third-order valence-electron chi connectivity index (χ3n) is 2.60. The van der Waals surface area contributed by atoms with E-state index in [0.717, 1.165) is 10.1 Å². The fraction of sp³-hybridized carbons (Fsp3) is 0.214. The Balaban J connectivity index is 2.21. The van der Waals surface area contributed by atoms with Gasteiger partial charge in [0.05, 0.1) is 0 Å². The van der Waals surface area contributed by atoms with E-state index >= 15 is 0 Å². The first-order valence-corrected chi connectivity index (χ1v) is 6.88. The first-order chi connectivity index (χ1) is 8.18. The van der Waals surface area contributed by atoms with E-state index in [1.54, 1.807) is 11.8 Å². The van der Waals surface area contributed by atoms with Gasteiger partial charge >= 0.3 is 0 Å². The van der Waals surface area contributed by atoms with E-state index in [1.807, 2.05) is 19.0 Å². The Hall–Kier alpha value is -1.06. The van der Waals surface area contributed by atoms with Gasteiger partial charge in [0.25, 0.3) is 0 Å². The van der Waals surface area contributed by atoms with Crippen LogP contribution in [0.4, 0.5) is 0 Å². The average Bonchev–Trinajstić information content (AvgIpc) is 2.35. The Bertz CT molecular complexity index is 529. The standard InChI is InChI=1S/C14H15NS2/c1-15(2)14(16)17-10-12-8-5-7-11-6-3-4-9-13(11)12/h3-9H,10H2,1-2H3. The van der Waals surface area contributed by atoms with Crippen molar-refractivity contribution in [3.8, 4) is 0 Å². The second kappa shape index (κ2) is 5.52. The van der Waals surface area contributed by atoms with Gasteiger partial charge in [0, 0.05) is 19.8 Å². The SMILES string of the molecule is CN(C)C(=S)SCc1cccc2ccccc12. The van der Waals surface area contributed by atoms with Crippen molar-refractivity contribution in [2.45, 2.75) is 5.75 Å². The lowest BCUT2D eigenvalue weighted by molar-refractivity contribution is 0.648. The van der Waals surface area contributed by atoms with Gasteiger partial charge in [-0.05, 0) is 16.3 Å². The number of thioether (sulfide) groups is 1. The Morgan fingerprint density at radius 3 is 2.59 bits per heavy atom. The zero-order chi connectivity index (χ0) is 12.3. The molecule has 0 saturated carbocycles. The van der Waals surface area contributed by atoms with Gasteiger partial charge in [0.2, 0.25) is 0 Å². The highest BCUT2D eigenvalue weighted by Crippen LogP contribution is 2.23. The highest BCUT2D eigenvalue weighted by molar-refractivity contribution is 8.22. The van der Waals surface area contributed by atoms with Crippen LogP contribution in [0.1, 0.15) is 5.56 Å². The summed E-state index contributed by atoms with van der Waals surface area (Å²) in [5.41, 5.74) is 1.34. The van der Waals surface area contributed by atoms with Crippen LogP contribution >= 0.6 is 24.0 Å². The van der Waals surface area contributed by atoms with Crippen LogP contribution in [0.15, 0.2) is 42.5 Å². The number of benzene rings is 2. The van der Waals surface area contributed by atoms with E-state index < -0.39 is 0 Å². The normalized spacial score (nSPS) is 10.5. The summed E-state index contributed by atoms with van der Waals surface area (Å²) >= 11 is 7.00. The van der Waals surface area contributed by atoms with Crippen molar-refractivity contribution in [3.05, 3.63) is 48.0 Å². The molecule has 0 radical (unpaired) electrons. The molecule has 0 amide bonds. The molecule has 0 spiro atoms. The summed E-state index contributed by atoms with van der Waals surface area (Å²) < 4.78 is 0.929. The lowest BCUT2D eigenvalue weighted by Gasteiger charge is -2.13. The van der Waals surface area contributed by atoms with Crippen LogP contribution in [0.2, 0.25) is 0 Å². The van der Waals surface area contributed by atoms with Crippen molar-refractivity contribution in [1.29, 1.82) is 0 Å². The van der Waals surface area contributed by atoms with Gasteiger partial charge in [-0.25, -0.2) is 0 Å². The molecule has 88 valence electrons. The fourth-order valence-corrected chi connectivity index (χ4v) is 2.65. The molecule has 2 aromatic carbocycles. The summed E-state index contributed by atoms with van der Waals surface area (Å²) in [5, 5.41) is 2.62. The maximum Gasteiger partial charge on any atom is 0.136 e. The van der Waals surface area contributed by atoms with Crippen LogP contribution in [-0.4, -0.2) is 23.3 Å². The second-order valence-corrected chi connectivity index (χ2v) is 5.70. The van der Waals surface area contributed by atoms with Crippen molar-refractivity contribution in [1.82, 2.24) is 4.90 Å². The van der Waals surface area contributed by atoms with Crippen LogP contribution in [0.5, 0.6) is 0 Å². The van der Waals surface area contributed by atoms with Gasteiger partial charge in [-0.1, -0.05) is 66.4 Å². The van der Waals surface area contributed by atoms with Gasteiger partial charge in [0.15, 0.2) is 0 Å². The van der Waals surface area contributed by atoms with E-state index in [2.05, 4.69) is 42.5 Å². The van der Waals surface area contributed by atoms with Crippen LogP contribution < -0.4 is 0 Å². The summed E-state index contributed by atoms with van der Waals surface area (Å²) in [4.78, 5) is 1.98. The average molecular weight is 261 g/mol. The topological polar surface area (TPSA) is 3.24 Å². The van der Waals surface area contributed by atoms with Crippen LogP contribution in [0.3, 0.4) is 0 Å². The van der Waals surface area contributed by atoms with E-state index in [1.165, 1.54) is 16.3 Å². The Kier molecular flexibility index (Phi) is 4.02. The summed E-state index contributed by atoms with van der Waals surface area (Å²) in [6.07, 6.45) is 0. The van der Waals surface area contributed by atoms with Crippen molar-refractivity contribution < 1.29 is 0 Å². The third-order valence-corrected chi connectivity index (χ3v) is 4.38. The molecule has 0 aromatic heterocycles. The number of nitrogens with zero attached hydrogens (tertiary/aromatic N) is 1. The summed E-state index contributed by atoms with van der Waals surface area (Å²) in [6, 6.07) is 14.9. The number of rotatable bonds is 2. The predicted molar refractivity (Wildman–Crippen MR) is 81.5 cm³/mol. The van der Waals surface area contributed by atoms with Crippen LogP contribution in [0.25, 0.3) is 10.8 Å². The van der Waals surface area contributed by atoms with Crippen LogP contribution in [0, 0.1) is 0 Å². The predicted octanol–water partition coefficient (Wildman–Crippen LogP) is 3.92. The first kappa shape index (κ1) is 12.4. The minimum absolute atomic E-state index is 0.929. The molecule has 0 fully saturated rings. The molecule has 0 aliphatic heterocycles. The molecule has 0 aliphatic carbocycles. The summed E-state index contributed by atoms with van der Waals surface area (Å²) in [5.74, 6) is 0.929. The van der Waals surface area contributed by atoms with Gasteiger partial charge < -0.3 is 4.90 Å². The number of thiocarbonyl (C=S) groups is 1. The molecule has 17 heavy (non-hydrogen) atoms. The fourth-order valence-electron chi connectivity index (χ4n) is 1.69. The molecule has 2 aromatic rings. The minimum atomic E-state index is 0.929. The molecular weight excluding hydrogens is 246 g/mol. The molecule has 0 aliphatic rings. The maximum atomic E-state index is 5.29. The minimum Gasteiger partial charge on any atom is -0.364 e. The molecule has 2 rings (SSSR count). The molecule has 0 unspecified atom stereocenters. The number of hydrogen-bond donors (Lipinski definition) is 0. The summed E-state index contributed by atoms with van der Waals surface area (Å²) in [6.45, 7) is 0. The smallest absolute Gasteiger partial charge is 0.136 e. The van der Waals surface area contributed by atoms with Crippen molar-refractivity contribution in [2.75, 3.05) is 14.1 Å². The third kappa shape index (κ3) is 2.99. The van der Waals surface area contributed by atoms with Gasteiger partial charge in [-0.2, -0.15) is 0 Å². The van der Waals surface area contributed by atoms with E-state index in [4.69, 9.17) is 12.2 Å². The number of hydrogen-bond acceptors (Lipinski definition) is 2. The lowest BCUT2D eigenvalue weighted by Crippen LogP contribution is -2.16. The Labute approximate surface area is 112 Å². The molecule has 0 N–H and O–H groups in total. The first-order valence-electron chi connectivity index (χ1n) is 5.49. The molecule has 1 nitrogen and oxygen atoms in total. The molecular formula is C14H15NS2. The van der Waals surface area contributed by atoms with Gasteiger partial charge in [-0.3, -0.25) is 0 Å². The monoisotopic (exact) mass is 261 g/mol. The van der Waals surface area contributed by atoms with Crippen molar-refractivity contribution in [2.24, 2.45) is 0 Å². The zero-order valence-electron chi connectivity index (χ0n) is 10.0. The second-order valence-electron chi connectivity index (χ2n) is 4.09. The lowest BCUT2D eigenvalue weighted by atomic mass is 10.1. The zero-order valence-corrected chi connectivity index (χ0v) is 11.6. The van der Waals surface area contributed by atoms with Gasteiger partial charge in [-0.15, -0.1) is 0 Å². The van der Waals surface area contributed by atoms with Crippen molar-refractivity contribution in [3.63, 3.8) is 0 Å². The van der Waals surface area contributed by atoms with Crippen molar-refractivity contribution >= 4 is 39.1 Å².